The Hall–Kier alpha value is -1.13. The molecule has 0 saturated heterocycles. The number of aromatic nitrogens is 1. The highest BCUT2D eigenvalue weighted by Gasteiger charge is 2.31. The van der Waals surface area contributed by atoms with Gasteiger partial charge in [0.05, 0.1) is 9.92 Å². The molecule has 11 heteroatoms. The van der Waals surface area contributed by atoms with Gasteiger partial charge < -0.3 is 0 Å². The first-order chi connectivity index (χ1) is 11.9. The van der Waals surface area contributed by atoms with Crippen molar-refractivity contribution in [2.24, 2.45) is 0 Å². The van der Waals surface area contributed by atoms with Crippen LogP contribution in [0.5, 0.6) is 0 Å². The molecular weight excluding hydrogens is 492 g/mol. The molecule has 0 radical (unpaired) electrons. The average Bonchev–Trinajstić information content (AvgIpc) is 2.95. The number of benzene rings is 2. The number of aryl methyl sites for hydroxylation is 1. The Morgan fingerprint density at radius 1 is 1.08 bits per heavy atom. The van der Waals surface area contributed by atoms with Gasteiger partial charge in [-0.2, -0.15) is 0 Å². The van der Waals surface area contributed by atoms with Crippen molar-refractivity contribution in [3.8, 4) is 0 Å². The van der Waals surface area contributed by atoms with E-state index in [9.17, 15) is 21.2 Å². The second kappa shape index (κ2) is 6.49. The van der Waals surface area contributed by atoms with Crippen molar-refractivity contribution < 1.29 is 21.2 Å². The van der Waals surface area contributed by atoms with Gasteiger partial charge in [0.15, 0.2) is 5.03 Å². The molecule has 2 aromatic carbocycles. The predicted octanol–water partition coefficient (Wildman–Crippen LogP) is 4.67. The van der Waals surface area contributed by atoms with Crippen LogP contribution in [0.1, 0.15) is 5.56 Å². The number of rotatable bonds is 3. The Kier molecular flexibility index (Phi) is 4.90. The Balaban J connectivity index is 2.52. The van der Waals surface area contributed by atoms with E-state index in [4.69, 9.17) is 22.3 Å². The van der Waals surface area contributed by atoms with Gasteiger partial charge in [0.25, 0.3) is 19.1 Å². The van der Waals surface area contributed by atoms with E-state index in [1.54, 1.807) is 6.92 Å². The summed E-state index contributed by atoms with van der Waals surface area (Å²) in [4.78, 5) is -0.215. The van der Waals surface area contributed by atoms with Crippen molar-refractivity contribution in [1.29, 1.82) is 0 Å². The molecule has 0 spiro atoms. The molecule has 0 aliphatic rings. The first kappa shape index (κ1) is 19.6. The van der Waals surface area contributed by atoms with E-state index in [0.29, 0.717) is 3.97 Å². The van der Waals surface area contributed by atoms with Crippen molar-refractivity contribution in [3.63, 3.8) is 0 Å². The van der Waals surface area contributed by atoms with Crippen molar-refractivity contribution in [2.45, 2.75) is 16.8 Å². The highest BCUT2D eigenvalue weighted by Crippen LogP contribution is 2.39. The van der Waals surface area contributed by atoms with Crippen molar-refractivity contribution in [2.75, 3.05) is 0 Å². The van der Waals surface area contributed by atoms with Crippen LogP contribution in [-0.2, 0) is 19.1 Å². The third-order valence-corrected chi connectivity index (χ3v) is 8.16. The molecular formula is C15H9BrCl2FNO4S2. The van der Waals surface area contributed by atoms with Gasteiger partial charge in [0.1, 0.15) is 11.3 Å². The molecule has 0 N–H and O–H groups in total. The Bertz CT molecular complexity index is 1250. The number of hydrogen-bond donors (Lipinski definition) is 0. The molecule has 0 fully saturated rings. The summed E-state index contributed by atoms with van der Waals surface area (Å²) < 4.78 is 65.2. The van der Waals surface area contributed by atoms with Crippen LogP contribution in [-0.4, -0.2) is 20.8 Å². The minimum Gasteiger partial charge on any atom is -0.218 e. The first-order valence-electron chi connectivity index (χ1n) is 6.90. The summed E-state index contributed by atoms with van der Waals surface area (Å²) in [6.07, 6.45) is 0. The van der Waals surface area contributed by atoms with Crippen LogP contribution in [0.4, 0.5) is 4.39 Å². The Labute approximate surface area is 166 Å². The summed E-state index contributed by atoms with van der Waals surface area (Å²) in [5, 5.41) is -0.861. The van der Waals surface area contributed by atoms with Gasteiger partial charge in [-0.1, -0.05) is 29.3 Å². The zero-order valence-electron chi connectivity index (χ0n) is 12.9. The van der Waals surface area contributed by atoms with Crippen LogP contribution < -0.4 is 0 Å². The maximum atomic E-state index is 14.6. The lowest BCUT2D eigenvalue weighted by atomic mass is 10.2. The summed E-state index contributed by atoms with van der Waals surface area (Å²) >= 11 is 9.01. The second-order valence-electron chi connectivity index (χ2n) is 5.42. The van der Waals surface area contributed by atoms with E-state index < -0.39 is 35.4 Å². The number of nitrogens with zero attached hydrogens (tertiary/aromatic N) is 1. The highest BCUT2D eigenvalue weighted by atomic mass is 79.9. The molecule has 0 unspecified atom stereocenters. The zero-order chi connectivity index (χ0) is 19.4. The van der Waals surface area contributed by atoms with Gasteiger partial charge in [0, 0.05) is 20.5 Å². The zero-order valence-corrected chi connectivity index (χ0v) is 17.6. The SMILES string of the molecule is Cc1ccc(S(=O)(=O)n2c(S(=O)(=O)Cl)cc3c(Br)c(Cl)cc(F)c32)cc1. The van der Waals surface area contributed by atoms with Crippen LogP contribution in [0, 0.1) is 12.7 Å². The summed E-state index contributed by atoms with van der Waals surface area (Å²) in [5.41, 5.74) is 0.327. The monoisotopic (exact) mass is 499 g/mol. The maximum Gasteiger partial charge on any atom is 0.277 e. The normalized spacial score (nSPS) is 12.7. The minimum atomic E-state index is -4.52. The molecule has 0 saturated carbocycles. The molecule has 1 aromatic heterocycles. The molecule has 26 heavy (non-hydrogen) atoms. The van der Waals surface area contributed by atoms with Crippen LogP contribution in [0.2, 0.25) is 5.02 Å². The van der Waals surface area contributed by atoms with E-state index in [0.717, 1.165) is 17.7 Å². The van der Waals surface area contributed by atoms with E-state index in [1.165, 1.54) is 24.3 Å². The first-order valence-corrected chi connectivity index (χ1v) is 11.8. The van der Waals surface area contributed by atoms with E-state index in [-0.39, 0.29) is 19.8 Å². The lowest BCUT2D eigenvalue weighted by Crippen LogP contribution is -2.17. The van der Waals surface area contributed by atoms with Crippen LogP contribution in [0.3, 0.4) is 0 Å². The fraction of sp³-hybridized carbons (Fsp3) is 0.0667. The largest absolute Gasteiger partial charge is 0.277 e. The molecule has 0 atom stereocenters. The van der Waals surface area contributed by atoms with Gasteiger partial charge in [-0.15, -0.1) is 0 Å². The second-order valence-corrected chi connectivity index (χ2v) is 10.9. The standard InChI is InChI=1S/C15H9BrCl2FNO4S2/c1-8-2-4-9(5-3-8)26(23,24)20-13(25(18,21)22)6-10-14(16)11(17)7-12(19)15(10)20/h2-7H,1H3. The molecule has 3 aromatic rings. The Morgan fingerprint density at radius 2 is 1.65 bits per heavy atom. The van der Waals surface area contributed by atoms with Crippen LogP contribution in [0.25, 0.3) is 10.9 Å². The molecule has 0 bridgehead atoms. The molecule has 3 rings (SSSR count). The molecule has 5 nitrogen and oxygen atoms in total. The highest BCUT2D eigenvalue weighted by molar-refractivity contribution is 9.10. The smallest absolute Gasteiger partial charge is 0.218 e. The van der Waals surface area contributed by atoms with Crippen LogP contribution in [0.15, 0.2) is 50.8 Å². The van der Waals surface area contributed by atoms with Gasteiger partial charge >= 0.3 is 0 Å². The number of halogens is 4. The molecule has 1 heterocycles. The fourth-order valence-electron chi connectivity index (χ4n) is 2.46. The molecule has 0 amide bonds. The maximum absolute atomic E-state index is 14.6. The van der Waals surface area contributed by atoms with E-state index in [1.807, 2.05) is 0 Å². The van der Waals surface area contributed by atoms with Crippen LogP contribution >= 0.6 is 38.2 Å². The van der Waals surface area contributed by atoms with E-state index in [2.05, 4.69) is 15.9 Å². The van der Waals surface area contributed by atoms with Gasteiger partial charge in [-0.05, 0) is 47.1 Å². The van der Waals surface area contributed by atoms with Gasteiger partial charge in [0.2, 0.25) is 0 Å². The minimum absolute atomic E-state index is 0.0371. The topological polar surface area (TPSA) is 73.2 Å². The third-order valence-electron chi connectivity index (χ3n) is 3.66. The fourth-order valence-corrected chi connectivity index (χ4v) is 6.08. The average molecular weight is 501 g/mol. The lowest BCUT2D eigenvalue weighted by molar-refractivity contribution is 0.575. The summed E-state index contributed by atoms with van der Waals surface area (Å²) in [7, 11) is -3.56. The van der Waals surface area contributed by atoms with E-state index >= 15 is 0 Å². The number of hydrogen-bond acceptors (Lipinski definition) is 4. The summed E-state index contributed by atoms with van der Waals surface area (Å²) in [6.45, 7) is 1.76. The van der Waals surface area contributed by atoms with Gasteiger partial charge in [-0.25, -0.2) is 25.2 Å². The predicted molar refractivity (Wildman–Crippen MR) is 101 cm³/mol. The molecule has 0 aliphatic heterocycles. The number of fused-ring (bicyclic) bond motifs is 1. The quantitative estimate of drug-likeness (QED) is 0.387. The lowest BCUT2D eigenvalue weighted by Gasteiger charge is -2.11. The molecule has 0 aliphatic carbocycles. The van der Waals surface area contributed by atoms with Crippen molar-refractivity contribution >= 4 is 68.2 Å². The Morgan fingerprint density at radius 3 is 2.19 bits per heavy atom. The molecule has 138 valence electrons. The van der Waals surface area contributed by atoms with Gasteiger partial charge in [-0.3, -0.25) is 0 Å². The van der Waals surface area contributed by atoms with Crippen molar-refractivity contribution in [3.05, 3.63) is 57.3 Å². The summed E-state index contributed by atoms with van der Waals surface area (Å²) in [5.74, 6) is -1.00. The summed E-state index contributed by atoms with van der Waals surface area (Å²) in [6, 6.07) is 7.52. The van der Waals surface area contributed by atoms with Crippen molar-refractivity contribution in [1.82, 2.24) is 3.97 Å². The third kappa shape index (κ3) is 3.16.